The Morgan fingerprint density at radius 1 is 1.00 bits per heavy atom. The zero-order valence-corrected chi connectivity index (χ0v) is 21.8. The average Bonchev–Trinajstić information content (AvgIpc) is 3.21. The first kappa shape index (κ1) is 25.0. The van der Waals surface area contributed by atoms with Crippen LogP contribution in [0.4, 0.5) is 5.69 Å². The molecule has 188 valence electrons. The molecule has 1 amide bonds. The second-order valence-corrected chi connectivity index (χ2v) is 8.72. The highest BCUT2D eigenvalue weighted by Gasteiger charge is 2.20. The molecular formula is C28H33N5O3. The van der Waals surface area contributed by atoms with Crippen LogP contribution in [-0.2, 0) is 6.54 Å². The van der Waals surface area contributed by atoms with Crippen LogP contribution in [0.15, 0.2) is 48.7 Å². The predicted molar refractivity (Wildman–Crippen MR) is 142 cm³/mol. The summed E-state index contributed by atoms with van der Waals surface area (Å²) in [5, 5.41) is 7.71. The monoisotopic (exact) mass is 487 g/mol. The summed E-state index contributed by atoms with van der Waals surface area (Å²) in [5.74, 6) is 1.20. The zero-order chi connectivity index (χ0) is 25.8. The Bertz CT molecular complexity index is 1380. The highest BCUT2D eigenvalue weighted by Crippen LogP contribution is 2.36. The molecule has 0 aliphatic carbocycles. The quantitative estimate of drug-likeness (QED) is 0.365. The summed E-state index contributed by atoms with van der Waals surface area (Å²) < 4.78 is 13.3. The Balaban J connectivity index is 1.61. The van der Waals surface area contributed by atoms with Gasteiger partial charge in [-0.2, -0.15) is 5.10 Å². The SMILES string of the molecule is CCOc1ccc(-c2c(C)nn3c(C)c(C(=O)NCc4ccc(N(C)C)cc4)cnc23)cc1OCC. The van der Waals surface area contributed by atoms with Crippen molar-refractivity contribution < 1.29 is 14.3 Å². The third-order valence-corrected chi connectivity index (χ3v) is 6.04. The molecule has 0 aliphatic rings. The van der Waals surface area contributed by atoms with E-state index in [0.29, 0.717) is 42.5 Å². The van der Waals surface area contributed by atoms with E-state index in [4.69, 9.17) is 14.6 Å². The van der Waals surface area contributed by atoms with E-state index < -0.39 is 0 Å². The van der Waals surface area contributed by atoms with Crippen molar-refractivity contribution in [1.29, 1.82) is 0 Å². The number of benzene rings is 2. The molecule has 0 aliphatic heterocycles. The molecule has 4 rings (SSSR count). The lowest BCUT2D eigenvalue weighted by atomic mass is 10.1. The van der Waals surface area contributed by atoms with Gasteiger partial charge in [0, 0.05) is 38.1 Å². The second kappa shape index (κ2) is 10.7. The molecule has 1 N–H and O–H groups in total. The Kier molecular flexibility index (Phi) is 7.43. The van der Waals surface area contributed by atoms with Gasteiger partial charge in [-0.1, -0.05) is 18.2 Å². The molecule has 0 bridgehead atoms. The number of ether oxygens (including phenoxy) is 2. The molecule has 0 spiro atoms. The van der Waals surface area contributed by atoms with E-state index in [0.717, 1.165) is 33.8 Å². The van der Waals surface area contributed by atoms with E-state index in [1.165, 1.54) is 0 Å². The number of nitrogens with zero attached hydrogens (tertiary/aromatic N) is 4. The largest absolute Gasteiger partial charge is 0.490 e. The first-order valence-electron chi connectivity index (χ1n) is 12.1. The van der Waals surface area contributed by atoms with E-state index in [-0.39, 0.29) is 5.91 Å². The number of fused-ring (bicyclic) bond motifs is 1. The van der Waals surface area contributed by atoms with Crippen LogP contribution in [0.25, 0.3) is 16.8 Å². The number of amides is 1. The number of hydrogen-bond donors (Lipinski definition) is 1. The third kappa shape index (κ3) is 4.98. The van der Waals surface area contributed by atoms with Crippen LogP contribution < -0.4 is 19.7 Å². The van der Waals surface area contributed by atoms with Gasteiger partial charge in [0.1, 0.15) is 0 Å². The number of carbonyl (C=O) groups is 1. The highest BCUT2D eigenvalue weighted by molar-refractivity contribution is 5.95. The Morgan fingerprint density at radius 3 is 2.36 bits per heavy atom. The minimum Gasteiger partial charge on any atom is -0.490 e. The Labute approximate surface area is 211 Å². The van der Waals surface area contributed by atoms with Crippen molar-refractivity contribution in [3.8, 4) is 22.6 Å². The van der Waals surface area contributed by atoms with Crippen LogP contribution in [0.5, 0.6) is 11.5 Å². The maximum absolute atomic E-state index is 13.0. The van der Waals surface area contributed by atoms with Crippen LogP contribution in [-0.4, -0.2) is 47.8 Å². The van der Waals surface area contributed by atoms with Crippen LogP contribution >= 0.6 is 0 Å². The van der Waals surface area contributed by atoms with Gasteiger partial charge in [-0.05, 0) is 63.1 Å². The van der Waals surface area contributed by atoms with Gasteiger partial charge in [0.2, 0.25) is 0 Å². The highest BCUT2D eigenvalue weighted by atomic mass is 16.5. The van der Waals surface area contributed by atoms with Crippen LogP contribution in [0.2, 0.25) is 0 Å². The maximum Gasteiger partial charge on any atom is 0.254 e. The van der Waals surface area contributed by atoms with Crippen molar-refractivity contribution in [2.45, 2.75) is 34.2 Å². The Morgan fingerprint density at radius 2 is 1.69 bits per heavy atom. The fourth-order valence-corrected chi connectivity index (χ4v) is 4.16. The number of anilines is 1. The van der Waals surface area contributed by atoms with E-state index >= 15 is 0 Å². The normalized spacial score (nSPS) is 10.9. The van der Waals surface area contributed by atoms with E-state index in [1.807, 2.05) is 89.2 Å². The predicted octanol–water partition coefficient (Wildman–Crippen LogP) is 4.81. The van der Waals surface area contributed by atoms with Crippen LogP contribution in [0.1, 0.15) is 41.2 Å². The number of hydrogen-bond acceptors (Lipinski definition) is 6. The minimum atomic E-state index is -0.187. The zero-order valence-electron chi connectivity index (χ0n) is 21.8. The molecule has 0 saturated heterocycles. The second-order valence-electron chi connectivity index (χ2n) is 8.72. The number of aromatic nitrogens is 3. The van der Waals surface area contributed by atoms with Gasteiger partial charge in [-0.25, -0.2) is 9.50 Å². The van der Waals surface area contributed by atoms with Crippen molar-refractivity contribution in [1.82, 2.24) is 19.9 Å². The fraction of sp³-hybridized carbons (Fsp3) is 0.321. The molecule has 36 heavy (non-hydrogen) atoms. The summed E-state index contributed by atoms with van der Waals surface area (Å²) in [4.78, 5) is 19.7. The van der Waals surface area contributed by atoms with Crippen LogP contribution in [0, 0.1) is 13.8 Å². The molecule has 0 saturated carbocycles. The lowest BCUT2D eigenvalue weighted by Gasteiger charge is -2.13. The molecule has 0 radical (unpaired) electrons. The van der Waals surface area contributed by atoms with Crippen molar-refractivity contribution in [2.75, 3.05) is 32.2 Å². The van der Waals surface area contributed by atoms with Gasteiger partial charge in [-0.15, -0.1) is 0 Å². The van der Waals surface area contributed by atoms with Crippen LogP contribution in [0.3, 0.4) is 0 Å². The summed E-state index contributed by atoms with van der Waals surface area (Å²) in [6.07, 6.45) is 1.62. The van der Waals surface area contributed by atoms with E-state index in [9.17, 15) is 4.79 Å². The van der Waals surface area contributed by atoms with Gasteiger partial charge in [0.05, 0.1) is 30.2 Å². The number of rotatable bonds is 9. The molecular weight excluding hydrogens is 454 g/mol. The number of nitrogens with one attached hydrogen (secondary N) is 1. The van der Waals surface area contributed by atoms with E-state index in [2.05, 4.69) is 10.3 Å². The van der Waals surface area contributed by atoms with Crippen molar-refractivity contribution in [3.63, 3.8) is 0 Å². The molecule has 0 unspecified atom stereocenters. The average molecular weight is 488 g/mol. The summed E-state index contributed by atoms with van der Waals surface area (Å²) in [5.41, 5.74) is 6.69. The lowest BCUT2D eigenvalue weighted by molar-refractivity contribution is 0.0949. The molecule has 2 aromatic heterocycles. The summed E-state index contributed by atoms with van der Waals surface area (Å²) >= 11 is 0. The summed E-state index contributed by atoms with van der Waals surface area (Å²) in [6, 6.07) is 13.9. The number of carbonyl (C=O) groups excluding carboxylic acids is 1. The molecule has 0 fully saturated rings. The first-order valence-corrected chi connectivity index (χ1v) is 12.1. The number of aryl methyl sites for hydroxylation is 2. The summed E-state index contributed by atoms with van der Waals surface area (Å²) in [7, 11) is 4.00. The van der Waals surface area contributed by atoms with Crippen molar-refractivity contribution in [3.05, 3.63) is 71.2 Å². The molecule has 8 nitrogen and oxygen atoms in total. The third-order valence-electron chi connectivity index (χ3n) is 6.04. The topological polar surface area (TPSA) is 81.0 Å². The van der Waals surface area contributed by atoms with Gasteiger partial charge in [-0.3, -0.25) is 4.79 Å². The fourth-order valence-electron chi connectivity index (χ4n) is 4.16. The van der Waals surface area contributed by atoms with E-state index in [1.54, 1.807) is 10.7 Å². The van der Waals surface area contributed by atoms with Gasteiger partial charge in [0.25, 0.3) is 5.91 Å². The van der Waals surface area contributed by atoms with Gasteiger partial charge in [0.15, 0.2) is 17.1 Å². The molecule has 4 aromatic rings. The molecule has 0 atom stereocenters. The molecule has 8 heteroatoms. The lowest BCUT2D eigenvalue weighted by Crippen LogP contribution is -2.24. The van der Waals surface area contributed by atoms with Gasteiger partial charge < -0.3 is 19.7 Å². The Hall–Kier alpha value is -4.07. The standard InChI is InChI=1S/C28H33N5O3/c1-7-35-24-14-11-21(15-25(24)36-8-2)26-18(3)31-33-19(4)23(17-29-27(26)33)28(34)30-16-20-9-12-22(13-10-20)32(5)6/h9-15,17H,7-8,16H2,1-6H3,(H,30,34). The first-order chi connectivity index (χ1) is 17.3. The smallest absolute Gasteiger partial charge is 0.254 e. The molecule has 2 aromatic carbocycles. The maximum atomic E-state index is 13.0. The minimum absolute atomic E-state index is 0.187. The summed E-state index contributed by atoms with van der Waals surface area (Å²) in [6.45, 7) is 9.24. The molecule has 2 heterocycles. The van der Waals surface area contributed by atoms with Crippen molar-refractivity contribution in [2.24, 2.45) is 0 Å². The van der Waals surface area contributed by atoms with Gasteiger partial charge >= 0.3 is 0 Å². The van der Waals surface area contributed by atoms with Crippen molar-refractivity contribution >= 4 is 17.2 Å².